The molecule has 0 radical (unpaired) electrons. The van der Waals surface area contributed by atoms with Gasteiger partial charge in [-0.2, -0.15) is 0 Å². The van der Waals surface area contributed by atoms with Gasteiger partial charge >= 0.3 is 11.9 Å². The predicted molar refractivity (Wildman–Crippen MR) is 103 cm³/mol. The molecule has 8 heteroatoms. The molecule has 0 saturated carbocycles. The lowest BCUT2D eigenvalue weighted by Crippen LogP contribution is -2.61. The zero-order valence-corrected chi connectivity index (χ0v) is 17.3. The fraction of sp³-hybridized carbons (Fsp3) is 0.789. The van der Waals surface area contributed by atoms with Gasteiger partial charge in [-0.05, 0) is 31.2 Å². The van der Waals surface area contributed by atoms with Crippen molar-refractivity contribution in [2.24, 2.45) is 10.9 Å². The van der Waals surface area contributed by atoms with E-state index in [1.165, 1.54) is 9.80 Å². The summed E-state index contributed by atoms with van der Waals surface area (Å²) >= 11 is 0. The Morgan fingerprint density at radius 2 is 1.78 bits per heavy atom. The molecule has 0 N–H and O–H groups in total. The molecule has 0 aliphatic carbocycles. The second-order valence-electron chi connectivity index (χ2n) is 8.35. The molecule has 2 saturated heterocycles. The number of amides is 3. The summed E-state index contributed by atoms with van der Waals surface area (Å²) in [6, 6.07) is -0.823. The van der Waals surface area contributed by atoms with Gasteiger partial charge < -0.3 is 4.74 Å². The highest BCUT2D eigenvalue weighted by molar-refractivity contribution is 6.23. The highest BCUT2D eigenvalue weighted by Crippen LogP contribution is 2.21. The normalized spacial score (nSPS) is 29.7. The van der Waals surface area contributed by atoms with Crippen LogP contribution in [0.4, 0.5) is 4.79 Å². The summed E-state index contributed by atoms with van der Waals surface area (Å²) in [5.74, 6) is 1.75. The molecule has 3 unspecified atom stereocenters. The molecule has 3 amide bonds. The van der Waals surface area contributed by atoms with Crippen molar-refractivity contribution in [3.63, 3.8) is 0 Å². The van der Waals surface area contributed by atoms with Crippen LogP contribution in [0.5, 0.6) is 0 Å². The Morgan fingerprint density at radius 1 is 1.15 bits per heavy atom. The lowest BCUT2D eigenvalue weighted by Gasteiger charge is -2.34. The van der Waals surface area contributed by atoms with Gasteiger partial charge in [0, 0.05) is 27.2 Å². The zero-order chi connectivity index (χ0) is 19.9. The van der Waals surface area contributed by atoms with E-state index in [9.17, 15) is 9.59 Å². The molecular weight excluding hydrogens is 346 g/mol. The maximum atomic E-state index is 12.9. The van der Waals surface area contributed by atoms with Crippen molar-refractivity contribution >= 4 is 23.6 Å². The van der Waals surface area contributed by atoms with E-state index in [0.29, 0.717) is 18.3 Å². The SMILES string of the molecule is CC(C)CC[N+]1=C(CN2CC(C)OC(C)C2)N=C2C1C(=O)N(C)C(=O)N2C. The quantitative estimate of drug-likeness (QED) is 0.666. The van der Waals surface area contributed by atoms with E-state index in [-0.39, 0.29) is 24.1 Å². The molecule has 0 bridgehead atoms. The first-order valence-electron chi connectivity index (χ1n) is 9.83. The number of aliphatic imine (C=N–C) groups is 1. The van der Waals surface area contributed by atoms with Crippen LogP contribution in [0.25, 0.3) is 0 Å². The second kappa shape index (κ2) is 7.67. The third-order valence-corrected chi connectivity index (χ3v) is 5.42. The lowest BCUT2D eigenvalue weighted by molar-refractivity contribution is -0.537. The van der Waals surface area contributed by atoms with Crippen molar-refractivity contribution in [2.75, 3.05) is 40.3 Å². The summed E-state index contributed by atoms with van der Waals surface area (Å²) < 4.78 is 7.93. The number of fused-ring (bicyclic) bond motifs is 1. The lowest BCUT2D eigenvalue weighted by atomic mass is 10.1. The van der Waals surface area contributed by atoms with Gasteiger partial charge in [0.15, 0.2) is 0 Å². The predicted octanol–water partition coefficient (Wildman–Crippen LogP) is 0.857. The van der Waals surface area contributed by atoms with E-state index in [4.69, 9.17) is 9.73 Å². The maximum absolute atomic E-state index is 12.9. The second-order valence-corrected chi connectivity index (χ2v) is 8.35. The van der Waals surface area contributed by atoms with Crippen LogP contribution in [0.3, 0.4) is 0 Å². The number of likely N-dealkylation sites (N-methyl/N-ethyl adjacent to an activating group) is 2. The zero-order valence-electron chi connectivity index (χ0n) is 17.3. The van der Waals surface area contributed by atoms with Crippen molar-refractivity contribution in [1.82, 2.24) is 14.7 Å². The summed E-state index contributed by atoms with van der Waals surface area (Å²) in [4.78, 5) is 35.0. The average molecular weight is 378 g/mol. The van der Waals surface area contributed by atoms with Crippen LogP contribution in [-0.2, 0) is 9.53 Å². The maximum Gasteiger partial charge on any atom is 0.333 e. The molecule has 2 fully saturated rings. The molecule has 3 aliphatic rings. The first-order valence-corrected chi connectivity index (χ1v) is 9.83. The van der Waals surface area contributed by atoms with E-state index < -0.39 is 6.04 Å². The van der Waals surface area contributed by atoms with Gasteiger partial charge in [-0.25, -0.2) is 9.37 Å². The van der Waals surface area contributed by atoms with Crippen molar-refractivity contribution < 1.29 is 18.9 Å². The fourth-order valence-corrected chi connectivity index (χ4v) is 4.04. The Hall–Kier alpha value is -1.80. The third-order valence-electron chi connectivity index (χ3n) is 5.42. The van der Waals surface area contributed by atoms with Crippen LogP contribution < -0.4 is 0 Å². The Bertz CT molecular complexity index is 677. The third kappa shape index (κ3) is 3.91. The van der Waals surface area contributed by atoms with Gasteiger partial charge in [-0.1, -0.05) is 13.8 Å². The van der Waals surface area contributed by atoms with E-state index in [1.54, 1.807) is 14.1 Å². The summed E-state index contributed by atoms with van der Waals surface area (Å²) in [5, 5.41) is 0. The topological polar surface area (TPSA) is 68.5 Å². The van der Waals surface area contributed by atoms with Crippen molar-refractivity contribution in [3.8, 4) is 0 Å². The van der Waals surface area contributed by atoms with Gasteiger partial charge in [0.1, 0.15) is 6.54 Å². The molecule has 0 aromatic carbocycles. The van der Waals surface area contributed by atoms with Gasteiger partial charge in [0.2, 0.25) is 0 Å². The first kappa shape index (κ1) is 19.9. The van der Waals surface area contributed by atoms with Crippen LogP contribution in [-0.4, -0.2) is 101 Å². The molecule has 0 spiro atoms. The number of hydrogen-bond acceptors (Lipinski definition) is 5. The number of imide groups is 1. The van der Waals surface area contributed by atoms with Crippen molar-refractivity contribution in [1.29, 1.82) is 0 Å². The highest BCUT2D eigenvalue weighted by atomic mass is 16.5. The van der Waals surface area contributed by atoms with E-state index >= 15 is 0 Å². The summed E-state index contributed by atoms with van der Waals surface area (Å²) in [7, 11) is 3.24. The fourth-order valence-electron chi connectivity index (χ4n) is 4.04. The number of carbonyl (C=O) groups is 2. The van der Waals surface area contributed by atoms with Crippen molar-refractivity contribution in [3.05, 3.63) is 0 Å². The minimum Gasteiger partial charge on any atom is -0.373 e. The van der Waals surface area contributed by atoms with Gasteiger partial charge in [-0.3, -0.25) is 19.5 Å². The molecule has 0 aromatic rings. The monoisotopic (exact) mass is 378 g/mol. The number of nitrogens with zero attached hydrogens (tertiary/aromatic N) is 5. The van der Waals surface area contributed by atoms with Gasteiger partial charge in [0.25, 0.3) is 17.8 Å². The Balaban J connectivity index is 1.90. The van der Waals surface area contributed by atoms with Crippen LogP contribution in [0.1, 0.15) is 34.1 Å². The summed E-state index contributed by atoms with van der Waals surface area (Å²) in [6.07, 6.45) is 1.31. The molecule has 3 rings (SSSR count). The van der Waals surface area contributed by atoms with E-state index in [0.717, 1.165) is 31.9 Å². The number of urea groups is 1. The summed E-state index contributed by atoms with van der Waals surface area (Å²) in [5.41, 5.74) is 0. The largest absolute Gasteiger partial charge is 0.373 e. The molecule has 3 heterocycles. The van der Waals surface area contributed by atoms with E-state index in [1.807, 2.05) is 0 Å². The summed E-state index contributed by atoms with van der Waals surface area (Å²) in [6.45, 7) is 11.6. The number of ether oxygens (including phenoxy) is 1. The van der Waals surface area contributed by atoms with Gasteiger partial charge in [0.05, 0.1) is 18.8 Å². The number of rotatable bonds is 5. The van der Waals surface area contributed by atoms with Gasteiger partial charge in [-0.15, -0.1) is 0 Å². The molecule has 3 atom stereocenters. The molecule has 27 heavy (non-hydrogen) atoms. The van der Waals surface area contributed by atoms with Crippen LogP contribution in [0.2, 0.25) is 0 Å². The number of morpholine rings is 1. The number of hydrogen-bond donors (Lipinski definition) is 0. The van der Waals surface area contributed by atoms with E-state index in [2.05, 4.69) is 37.2 Å². The Labute approximate surface area is 161 Å². The smallest absolute Gasteiger partial charge is 0.333 e. The molecule has 0 aromatic heterocycles. The standard InChI is InChI=1S/C19H32N5O3/c1-12(2)7-8-24-15(11-23-9-13(3)27-14(4)10-23)20-17-16(24)18(25)22(6)19(26)21(17)5/h12-14,16H,7-11H2,1-6H3/q+1. The minimum absolute atomic E-state index is 0.173. The Morgan fingerprint density at radius 3 is 2.37 bits per heavy atom. The minimum atomic E-state index is -0.498. The number of amidine groups is 2. The molecule has 150 valence electrons. The Kier molecular flexibility index (Phi) is 5.67. The van der Waals surface area contributed by atoms with Crippen molar-refractivity contribution in [2.45, 2.75) is 52.4 Å². The average Bonchev–Trinajstić information content (AvgIpc) is 2.93. The molecule has 3 aliphatic heterocycles. The van der Waals surface area contributed by atoms with Crippen LogP contribution in [0.15, 0.2) is 4.99 Å². The highest BCUT2D eigenvalue weighted by Gasteiger charge is 2.53. The number of carbonyl (C=O) groups excluding carboxylic acids is 2. The molecular formula is C19H32N5O3+. The molecule has 8 nitrogen and oxygen atoms in total. The first-order chi connectivity index (χ1) is 12.7. The van der Waals surface area contributed by atoms with Crippen LogP contribution >= 0.6 is 0 Å². The van der Waals surface area contributed by atoms with Crippen LogP contribution in [0, 0.1) is 5.92 Å².